The van der Waals surface area contributed by atoms with Gasteiger partial charge in [0.25, 0.3) is 0 Å². The summed E-state index contributed by atoms with van der Waals surface area (Å²) >= 11 is 0. The van der Waals surface area contributed by atoms with Gasteiger partial charge in [-0.2, -0.15) is 0 Å². The van der Waals surface area contributed by atoms with E-state index in [1.165, 1.54) is 24.0 Å². The zero-order valence-corrected chi connectivity index (χ0v) is 11.5. The number of fused-ring (bicyclic) bond motifs is 1. The standard InChI is InChI=1S/C15H22N2O2/c1-11-6-13-14(19-5-4-18-13)7-12(11)8-17-10-15(9-16)2-3-15/h6-7,17H,2-5,8-10,16H2,1H3. The molecule has 3 N–H and O–H groups in total. The van der Waals surface area contributed by atoms with Crippen LogP contribution in [0.25, 0.3) is 0 Å². The molecule has 0 spiro atoms. The topological polar surface area (TPSA) is 56.5 Å². The van der Waals surface area contributed by atoms with Crippen molar-refractivity contribution in [2.75, 3.05) is 26.3 Å². The number of nitrogens with two attached hydrogens (primary N) is 1. The van der Waals surface area contributed by atoms with Gasteiger partial charge in [-0.15, -0.1) is 0 Å². The molecule has 1 aromatic carbocycles. The Bertz CT molecular complexity index is 469. The number of hydrogen-bond acceptors (Lipinski definition) is 4. The van der Waals surface area contributed by atoms with Gasteiger partial charge in [-0.1, -0.05) is 0 Å². The Hall–Kier alpha value is -1.26. The second kappa shape index (κ2) is 5.02. The van der Waals surface area contributed by atoms with Crippen molar-refractivity contribution in [3.63, 3.8) is 0 Å². The SMILES string of the molecule is Cc1cc2c(cc1CNCC1(CN)CC1)OCCO2. The summed E-state index contributed by atoms with van der Waals surface area (Å²) in [4.78, 5) is 0. The number of rotatable bonds is 5. The number of nitrogens with one attached hydrogen (secondary N) is 1. The minimum Gasteiger partial charge on any atom is -0.486 e. The summed E-state index contributed by atoms with van der Waals surface area (Å²) in [6.45, 7) is 6.06. The predicted molar refractivity (Wildman–Crippen MR) is 74.6 cm³/mol. The third-order valence-corrected chi connectivity index (χ3v) is 4.21. The molecule has 0 amide bonds. The molecule has 0 radical (unpaired) electrons. The summed E-state index contributed by atoms with van der Waals surface area (Å²) in [5, 5.41) is 3.53. The van der Waals surface area contributed by atoms with Crippen molar-refractivity contribution in [2.45, 2.75) is 26.3 Å². The molecule has 104 valence electrons. The van der Waals surface area contributed by atoms with Gasteiger partial charge >= 0.3 is 0 Å². The number of benzene rings is 1. The average molecular weight is 262 g/mol. The van der Waals surface area contributed by atoms with Gasteiger partial charge < -0.3 is 20.5 Å². The first-order valence-electron chi connectivity index (χ1n) is 7.02. The largest absolute Gasteiger partial charge is 0.486 e. The van der Waals surface area contributed by atoms with E-state index in [0.29, 0.717) is 18.6 Å². The van der Waals surface area contributed by atoms with Crippen LogP contribution < -0.4 is 20.5 Å². The van der Waals surface area contributed by atoms with Crippen molar-refractivity contribution in [1.82, 2.24) is 5.32 Å². The van der Waals surface area contributed by atoms with Crippen LogP contribution in [-0.2, 0) is 6.54 Å². The van der Waals surface area contributed by atoms with Crippen molar-refractivity contribution in [3.05, 3.63) is 23.3 Å². The first-order chi connectivity index (χ1) is 9.22. The Morgan fingerprint density at radius 3 is 2.53 bits per heavy atom. The lowest BCUT2D eigenvalue weighted by atomic mass is 10.1. The molecule has 0 bridgehead atoms. The van der Waals surface area contributed by atoms with Crippen LogP contribution in [0.5, 0.6) is 11.5 Å². The lowest BCUT2D eigenvalue weighted by Gasteiger charge is -2.21. The second-order valence-electron chi connectivity index (χ2n) is 5.73. The maximum atomic E-state index is 5.79. The van der Waals surface area contributed by atoms with Gasteiger partial charge in [-0.25, -0.2) is 0 Å². The van der Waals surface area contributed by atoms with Gasteiger partial charge in [0.05, 0.1) is 0 Å². The van der Waals surface area contributed by atoms with Crippen LogP contribution in [0.15, 0.2) is 12.1 Å². The van der Waals surface area contributed by atoms with E-state index >= 15 is 0 Å². The molecule has 0 aromatic heterocycles. The molecule has 19 heavy (non-hydrogen) atoms. The molecule has 0 saturated heterocycles. The fourth-order valence-electron chi connectivity index (χ4n) is 2.52. The molecule has 3 rings (SSSR count). The van der Waals surface area contributed by atoms with Gasteiger partial charge in [0.2, 0.25) is 0 Å². The van der Waals surface area contributed by atoms with Gasteiger partial charge in [0, 0.05) is 13.1 Å². The minimum atomic E-state index is 0.377. The van der Waals surface area contributed by atoms with Crippen molar-refractivity contribution >= 4 is 0 Å². The van der Waals surface area contributed by atoms with Crippen LogP contribution >= 0.6 is 0 Å². The summed E-state index contributed by atoms with van der Waals surface area (Å²) < 4.78 is 11.2. The van der Waals surface area contributed by atoms with E-state index in [9.17, 15) is 0 Å². The third-order valence-electron chi connectivity index (χ3n) is 4.21. The fourth-order valence-corrected chi connectivity index (χ4v) is 2.52. The molecule has 0 atom stereocenters. The van der Waals surface area contributed by atoms with Crippen molar-refractivity contribution in [3.8, 4) is 11.5 Å². The molecule has 1 saturated carbocycles. The smallest absolute Gasteiger partial charge is 0.161 e. The Morgan fingerprint density at radius 2 is 1.89 bits per heavy atom. The molecule has 2 aliphatic rings. The Balaban J connectivity index is 1.64. The maximum Gasteiger partial charge on any atom is 0.161 e. The van der Waals surface area contributed by atoms with E-state index in [4.69, 9.17) is 15.2 Å². The number of ether oxygens (including phenoxy) is 2. The first kappa shape index (κ1) is 12.8. The molecule has 4 heteroatoms. The number of aryl methyl sites for hydroxylation is 1. The highest BCUT2D eigenvalue weighted by Crippen LogP contribution is 2.43. The van der Waals surface area contributed by atoms with Gasteiger partial charge in [-0.3, -0.25) is 0 Å². The highest BCUT2D eigenvalue weighted by Gasteiger charge is 2.40. The van der Waals surface area contributed by atoms with Crippen LogP contribution in [0.3, 0.4) is 0 Å². The summed E-state index contributed by atoms with van der Waals surface area (Å²) in [6.07, 6.45) is 2.52. The summed E-state index contributed by atoms with van der Waals surface area (Å²) in [7, 11) is 0. The lowest BCUT2D eigenvalue weighted by molar-refractivity contribution is 0.171. The van der Waals surface area contributed by atoms with E-state index in [1.54, 1.807) is 0 Å². The molecule has 1 heterocycles. The average Bonchev–Trinajstić information content (AvgIpc) is 3.20. The Morgan fingerprint density at radius 1 is 1.21 bits per heavy atom. The maximum absolute atomic E-state index is 5.79. The van der Waals surface area contributed by atoms with Crippen LogP contribution in [-0.4, -0.2) is 26.3 Å². The lowest BCUT2D eigenvalue weighted by Crippen LogP contribution is -2.29. The van der Waals surface area contributed by atoms with Crippen LogP contribution in [0, 0.1) is 12.3 Å². The third kappa shape index (κ3) is 2.69. The van der Waals surface area contributed by atoms with E-state index < -0.39 is 0 Å². The molecule has 1 aliphatic heterocycles. The van der Waals surface area contributed by atoms with E-state index in [1.807, 2.05) is 0 Å². The Labute approximate surface area is 114 Å². The van der Waals surface area contributed by atoms with Crippen LogP contribution in [0.1, 0.15) is 24.0 Å². The normalized spacial score (nSPS) is 19.3. The Kier molecular flexibility index (Phi) is 3.37. The van der Waals surface area contributed by atoms with Gasteiger partial charge in [0.1, 0.15) is 13.2 Å². The molecule has 1 fully saturated rings. The highest BCUT2D eigenvalue weighted by atomic mass is 16.6. The fraction of sp³-hybridized carbons (Fsp3) is 0.600. The highest BCUT2D eigenvalue weighted by molar-refractivity contribution is 5.47. The molecular formula is C15H22N2O2. The van der Waals surface area contributed by atoms with Crippen molar-refractivity contribution < 1.29 is 9.47 Å². The van der Waals surface area contributed by atoms with Crippen LogP contribution in [0.2, 0.25) is 0 Å². The predicted octanol–water partition coefficient (Wildman–Crippen LogP) is 1.59. The zero-order valence-electron chi connectivity index (χ0n) is 11.5. The summed E-state index contributed by atoms with van der Waals surface area (Å²) in [5.74, 6) is 1.74. The quantitative estimate of drug-likeness (QED) is 0.846. The first-order valence-corrected chi connectivity index (χ1v) is 7.02. The molecule has 0 unspecified atom stereocenters. The monoisotopic (exact) mass is 262 g/mol. The number of hydrogen-bond donors (Lipinski definition) is 2. The van der Waals surface area contributed by atoms with E-state index in [0.717, 1.165) is 31.1 Å². The second-order valence-corrected chi connectivity index (χ2v) is 5.73. The molecule has 4 nitrogen and oxygen atoms in total. The van der Waals surface area contributed by atoms with Gasteiger partial charge in [-0.05, 0) is 55.0 Å². The summed E-state index contributed by atoms with van der Waals surface area (Å²) in [5.41, 5.74) is 8.69. The zero-order chi connectivity index (χ0) is 13.3. The summed E-state index contributed by atoms with van der Waals surface area (Å²) in [6, 6.07) is 4.17. The molecule has 1 aliphatic carbocycles. The van der Waals surface area contributed by atoms with Crippen molar-refractivity contribution in [1.29, 1.82) is 0 Å². The minimum absolute atomic E-state index is 0.377. The van der Waals surface area contributed by atoms with E-state index in [2.05, 4.69) is 24.4 Å². The van der Waals surface area contributed by atoms with Crippen LogP contribution in [0.4, 0.5) is 0 Å². The molecular weight excluding hydrogens is 240 g/mol. The van der Waals surface area contributed by atoms with E-state index in [-0.39, 0.29) is 0 Å². The molecule has 1 aromatic rings. The van der Waals surface area contributed by atoms with Gasteiger partial charge in [0.15, 0.2) is 11.5 Å². The van der Waals surface area contributed by atoms with Crippen molar-refractivity contribution in [2.24, 2.45) is 11.1 Å².